The molecule has 1 fully saturated rings. The molecule has 0 aromatic heterocycles. The van der Waals surface area contributed by atoms with Crippen molar-refractivity contribution in [2.75, 3.05) is 13.7 Å². The molecule has 1 aliphatic carbocycles. The Morgan fingerprint density at radius 2 is 1.83 bits per heavy atom. The maximum Gasteiger partial charge on any atom is 0.118 e. The zero-order chi connectivity index (χ0) is 21.3. The lowest BCUT2D eigenvalue weighted by molar-refractivity contribution is -0.114. The molecular formula is C26H34O4. The van der Waals surface area contributed by atoms with Crippen LogP contribution in [0.2, 0.25) is 0 Å². The first-order valence-electron chi connectivity index (χ1n) is 11.2. The van der Waals surface area contributed by atoms with Gasteiger partial charge in [0.05, 0.1) is 32.0 Å². The molecule has 2 aliphatic rings. The minimum atomic E-state index is -0.431. The molecule has 0 spiro atoms. The number of aliphatic hydroxyl groups is 2. The van der Waals surface area contributed by atoms with Gasteiger partial charge in [0.1, 0.15) is 5.75 Å². The average molecular weight is 411 g/mol. The second kappa shape index (κ2) is 9.09. The Labute approximate surface area is 179 Å². The van der Waals surface area contributed by atoms with Crippen LogP contribution >= 0.6 is 0 Å². The fourth-order valence-electron chi connectivity index (χ4n) is 5.30. The summed E-state index contributed by atoms with van der Waals surface area (Å²) in [5.41, 5.74) is 8.26. The van der Waals surface area contributed by atoms with Crippen molar-refractivity contribution in [3.63, 3.8) is 0 Å². The Morgan fingerprint density at radius 3 is 2.50 bits per heavy atom. The molecule has 30 heavy (non-hydrogen) atoms. The first-order valence-corrected chi connectivity index (χ1v) is 11.2. The third kappa shape index (κ3) is 4.27. The number of hydrogen-bond donors (Lipinski definition) is 2. The van der Waals surface area contributed by atoms with E-state index in [9.17, 15) is 10.2 Å². The van der Waals surface area contributed by atoms with Crippen molar-refractivity contribution in [3.8, 4) is 5.75 Å². The summed E-state index contributed by atoms with van der Waals surface area (Å²) in [4.78, 5) is 0. The van der Waals surface area contributed by atoms with Gasteiger partial charge >= 0.3 is 0 Å². The molecule has 4 rings (SSSR count). The predicted octanol–water partition coefficient (Wildman–Crippen LogP) is 4.47. The average Bonchev–Trinajstić information content (AvgIpc) is 3.23. The molecule has 4 nitrogen and oxygen atoms in total. The van der Waals surface area contributed by atoms with Crippen LogP contribution < -0.4 is 4.74 Å². The zero-order valence-corrected chi connectivity index (χ0v) is 18.4. The maximum absolute atomic E-state index is 10.4. The van der Waals surface area contributed by atoms with E-state index >= 15 is 0 Å². The lowest BCUT2D eigenvalue weighted by Crippen LogP contribution is -2.34. The van der Waals surface area contributed by atoms with Crippen molar-refractivity contribution < 1.29 is 19.7 Å². The minimum absolute atomic E-state index is 0.0474. The fraction of sp³-hybridized carbons (Fsp3) is 0.538. The van der Waals surface area contributed by atoms with Crippen molar-refractivity contribution in [3.05, 3.63) is 63.7 Å². The van der Waals surface area contributed by atoms with Gasteiger partial charge in [0.15, 0.2) is 0 Å². The van der Waals surface area contributed by atoms with Gasteiger partial charge in [-0.2, -0.15) is 0 Å². The van der Waals surface area contributed by atoms with E-state index in [2.05, 4.69) is 32.0 Å². The number of methoxy groups -OCH3 is 1. The maximum atomic E-state index is 10.4. The monoisotopic (exact) mass is 410 g/mol. The van der Waals surface area contributed by atoms with E-state index in [1.165, 1.54) is 39.8 Å². The number of benzene rings is 2. The van der Waals surface area contributed by atoms with Gasteiger partial charge in [0.2, 0.25) is 0 Å². The highest BCUT2D eigenvalue weighted by Crippen LogP contribution is 2.42. The van der Waals surface area contributed by atoms with Crippen LogP contribution in [0.5, 0.6) is 5.75 Å². The predicted molar refractivity (Wildman–Crippen MR) is 118 cm³/mol. The lowest BCUT2D eigenvalue weighted by atomic mass is 9.82. The van der Waals surface area contributed by atoms with E-state index in [0.29, 0.717) is 18.8 Å². The summed E-state index contributed by atoms with van der Waals surface area (Å²) < 4.78 is 11.6. The SMILES string of the molecule is COc1ccc(Cc2cc(C3CC(O)CC(CO)O3)c(C(C)C)c3c2CCC3)cc1. The van der Waals surface area contributed by atoms with E-state index < -0.39 is 6.10 Å². The van der Waals surface area contributed by atoms with Crippen LogP contribution in [0.15, 0.2) is 30.3 Å². The standard InChI is InChI=1S/C26H34O4/c1-16(2)26-23-6-4-5-22(23)18(11-17-7-9-20(29-3)10-8-17)12-24(26)25-14-19(28)13-21(15-27)30-25/h7-10,12,16,19,21,25,27-28H,4-6,11,13-15H2,1-3H3. The van der Waals surface area contributed by atoms with Crippen LogP contribution in [-0.4, -0.2) is 36.1 Å². The van der Waals surface area contributed by atoms with Crippen LogP contribution in [0.25, 0.3) is 0 Å². The Kier molecular flexibility index (Phi) is 6.47. The molecule has 0 radical (unpaired) electrons. The minimum Gasteiger partial charge on any atom is -0.497 e. The van der Waals surface area contributed by atoms with E-state index in [0.717, 1.165) is 25.0 Å². The summed E-state index contributed by atoms with van der Waals surface area (Å²) in [6.07, 6.45) is 4.54. The van der Waals surface area contributed by atoms with Crippen molar-refractivity contribution in [2.45, 2.75) is 76.6 Å². The van der Waals surface area contributed by atoms with Gasteiger partial charge in [-0.25, -0.2) is 0 Å². The molecule has 1 saturated heterocycles. The summed E-state index contributed by atoms with van der Waals surface area (Å²) in [5, 5.41) is 20.1. The quantitative estimate of drug-likeness (QED) is 0.738. The van der Waals surface area contributed by atoms with Gasteiger partial charge in [-0.05, 0) is 77.1 Å². The first-order chi connectivity index (χ1) is 14.5. The van der Waals surface area contributed by atoms with Crippen LogP contribution in [0, 0.1) is 0 Å². The van der Waals surface area contributed by atoms with Crippen LogP contribution in [0.4, 0.5) is 0 Å². The van der Waals surface area contributed by atoms with Crippen molar-refractivity contribution >= 4 is 0 Å². The lowest BCUT2D eigenvalue weighted by Gasteiger charge is -2.35. The second-order valence-corrected chi connectivity index (χ2v) is 9.08. The molecule has 1 heterocycles. The van der Waals surface area contributed by atoms with Gasteiger partial charge in [0.25, 0.3) is 0 Å². The molecule has 3 atom stereocenters. The number of hydrogen-bond acceptors (Lipinski definition) is 4. The molecule has 4 heteroatoms. The molecular weight excluding hydrogens is 376 g/mol. The number of rotatable bonds is 6. The molecule has 2 aromatic carbocycles. The topological polar surface area (TPSA) is 58.9 Å². The first kappa shape index (κ1) is 21.4. The molecule has 0 amide bonds. The molecule has 2 N–H and O–H groups in total. The third-order valence-electron chi connectivity index (χ3n) is 6.63. The number of ether oxygens (including phenoxy) is 2. The largest absolute Gasteiger partial charge is 0.497 e. The Hall–Kier alpha value is -1.88. The molecule has 1 aliphatic heterocycles. The normalized spacial score (nSPS) is 23.6. The Bertz CT molecular complexity index is 872. The fourth-order valence-corrected chi connectivity index (χ4v) is 5.30. The van der Waals surface area contributed by atoms with Crippen molar-refractivity contribution in [2.24, 2.45) is 0 Å². The van der Waals surface area contributed by atoms with E-state index in [1.54, 1.807) is 7.11 Å². The molecule has 0 saturated carbocycles. The van der Waals surface area contributed by atoms with Gasteiger partial charge in [-0.3, -0.25) is 0 Å². The smallest absolute Gasteiger partial charge is 0.118 e. The second-order valence-electron chi connectivity index (χ2n) is 9.08. The zero-order valence-electron chi connectivity index (χ0n) is 18.4. The van der Waals surface area contributed by atoms with Gasteiger partial charge in [0, 0.05) is 12.8 Å². The molecule has 162 valence electrons. The van der Waals surface area contributed by atoms with Crippen LogP contribution in [-0.2, 0) is 24.0 Å². The molecule has 2 aromatic rings. The van der Waals surface area contributed by atoms with Gasteiger partial charge < -0.3 is 19.7 Å². The van der Waals surface area contributed by atoms with Crippen LogP contribution in [0.3, 0.4) is 0 Å². The summed E-state index contributed by atoms with van der Waals surface area (Å²) in [5.74, 6) is 1.27. The summed E-state index contributed by atoms with van der Waals surface area (Å²) in [7, 11) is 1.69. The molecule has 0 bridgehead atoms. The highest BCUT2D eigenvalue weighted by molar-refractivity contribution is 5.52. The summed E-state index contributed by atoms with van der Waals surface area (Å²) >= 11 is 0. The highest BCUT2D eigenvalue weighted by atomic mass is 16.5. The van der Waals surface area contributed by atoms with Crippen molar-refractivity contribution in [1.82, 2.24) is 0 Å². The van der Waals surface area contributed by atoms with E-state index in [4.69, 9.17) is 9.47 Å². The third-order valence-corrected chi connectivity index (χ3v) is 6.63. The van der Waals surface area contributed by atoms with Gasteiger partial charge in [-0.1, -0.05) is 32.0 Å². The Balaban J connectivity index is 1.75. The summed E-state index contributed by atoms with van der Waals surface area (Å²) in [6, 6.07) is 10.6. The van der Waals surface area contributed by atoms with E-state index in [1.807, 2.05) is 12.1 Å². The number of fused-ring (bicyclic) bond motifs is 1. The number of aliphatic hydroxyl groups excluding tert-OH is 2. The Morgan fingerprint density at radius 1 is 1.10 bits per heavy atom. The highest BCUT2D eigenvalue weighted by Gasteiger charge is 2.33. The molecule has 3 unspecified atom stereocenters. The van der Waals surface area contributed by atoms with Crippen LogP contribution in [0.1, 0.15) is 78.5 Å². The van der Waals surface area contributed by atoms with Crippen molar-refractivity contribution in [1.29, 1.82) is 0 Å². The summed E-state index contributed by atoms with van der Waals surface area (Å²) in [6.45, 7) is 4.46. The van der Waals surface area contributed by atoms with E-state index in [-0.39, 0.29) is 18.8 Å². The van der Waals surface area contributed by atoms with Gasteiger partial charge in [-0.15, -0.1) is 0 Å².